The lowest BCUT2D eigenvalue weighted by molar-refractivity contribution is 0.317. The molecular weight excluding hydrogens is 267 g/mol. The summed E-state index contributed by atoms with van der Waals surface area (Å²) in [5.74, 6) is 0. The van der Waals surface area contributed by atoms with Crippen molar-refractivity contribution >= 4 is 40.7 Å². The van der Waals surface area contributed by atoms with E-state index in [1.54, 1.807) is 6.33 Å². The monoisotopic (exact) mass is 274 g/mol. The second kappa shape index (κ2) is 5.01. The number of nitrogens with one attached hydrogen (secondary N) is 1. The second-order valence-corrected chi connectivity index (χ2v) is 3.01. The van der Waals surface area contributed by atoms with Crippen molar-refractivity contribution in [1.82, 2.24) is 20.1 Å². The highest BCUT2D eigenvalue weighted by molar-refractivity contribution is 9.10. The predicted octanol–water partition coefficient (Wildman–Crippen LogP) is 1.03. The molecule has 2 heterocycles. The molecular formula is C5H9BrCl2N4. The van der Waals surface area contributed by atoms with Gasteiger partial charge in [0.05, 0.1) is 6.04 Å². The van der Waals surface area contributed by atoms with Crippen LogP contribution in [0.15, 0.2) is 11.1 Å². The van der Waals surface area contributed by atoms with Crippen molar-refractivity contribution in [1.29, 1.82) is 0 Å². The molecule has 0 amide bonds. The Kier molecular flexibility index (Phi) is 5.08. The fourth-order valence-electron chi connectivity index (χ4n) is 0.890. The number of hydrogen-bond acceptors (Lipinski definition) is 3. The molecule has 0 radical (unpaired) electrons. The van der Waals surface area contributed by atoms with Gasteiger partial charge in [-0.15, -0.1) is 29.9 Å². The van der Waals surface area contributed by atoms with E-state index in [4.69, 9.17) is 0 Å². The topological polar surface area (TPSA) is 42.7 Å². The highest BCUT2D eigenvalue weighted by Crippen LogP contribution is 2.10. The summed E-state index contributed by atoms with van der Waals surface area (Å²) >= 11 is 3.19. The molecule has 1 aromatic heterocycles. The summed E-state index contributed by atoms with van der Waals surface area (Å²) < 4.78 is 2.54. The maximum atomic E-state index is 4.11. The highest BCUT2D eigenvalue weighted by Gasteiger charge is 2.19. The normalized spacial score (nSPS) is 15.8. The molecule has 70 valence electrons. The van der Waals surface area contributed by atoms with Gasteiger partial charge in [0.15, 0.2) is 0 Å². The molecule has 1 fully saturated rings. The quantitative estimate of drug-likeness (QED) is 0.833. The van der Waals surface area contributed by atoms with Crippen LogP contribution >= 0.6 is 40.7 Å². The van der Waals surface area contributed by atoms with Gasteiger partial charge in [0.2, 0.25) is 4.73 Å². The third-order valence-electron chi connectivity index (χ3n) is 1.61. The minimum Gasteiger partial charge on any atom is -0.312 e. The van der Waals surface area contributed by atoms with Crippen molar-refractivity contribution in [3.05, 3.63) is 11.1 Å². The molecule has 1 aromatic rings. The zero-order valence-electron chi connectivity index (χ0n) is 6.11. The Bertz CT molecular complexity index is 237. The van der Waals surface area contributed by atoms with Gasteiger partial charge in [0, 0.05) is 13.1 Å². The molecule has 1 saturated heterocycles. The number of nitrogens with zero attached hydrogens (tertiary/aromatic N) is 3. The lowest BCUT2D eigenvalue weighted by Gasteiger charge is -2.26. The van der Waals surface area contributed by atoms with Gasteiger partial charge in [-0.2, -0.15) is 0 Å². The van der Waals surface area contributed by atoms with Crippen LogP contribution < -0.4 is 5.32 Å². The lowest BCUT2D eigenvalue weighted by Crippen LogP contribution is -2.43. The Morgan fingerprint density at radius 2 is 2.17 bits per heavy atom. The van der Waals surface area contributed by atoms with Crippen molar-refractivity contribution in [2.75, 3.05) is 13.1 Å². The predicted molar refractivity (Wildman–Crippen MR) is 54.1 cm³/mol. The molecule has 0 bridgehead atoms. The van der Waals surface area contributed by atoms with Crippen LogP contribution in [0, 0.1) is 0 Å². The van der Waals surface area contributed by atoms with E-state index < -0.39 is 0 Å². The third kappa shape index (κ3) is 2.32. The molecule has 2 rings (SSSR count). The maximum Gasteiger partial charge on any atom is 0.217 e. The summed E-state index contributed by atoms with van der Waals surface area (Å²) in [6.45, 7) is 2.02. The molecule has 1 aliphatic heterocycles. The maximum absolute atomic E-state index is 4.11. The van der Waals surface area contributed by atoms with E-state index >= 15 is 0 Å². The number of hydrogen-bond donors (Lipinski definition) is 1. The standard InChI is InChI=1S/C5H7BrN4.2ClH/c6-5-8-3-10(9-5)4-1-7-2-4;;/h3-4,7H,1-2H2;2*1H. The van der Waals surface area contributed by atoms with Gasteiger partial charge < -0.3 is 5.32 Å². The average molecular weight is 276 g/mol. The van der Waals surface area contributed by atoms with Crippen LogP contribution in [0.1, 0.15) is 6.04 Å². The van der Waals surface area contributed by atoms with Gasteiger partial charge in [0.25, 0.3) is 0 Å². The van der Waals surface area contributed by atoms with Gasteiger partial charge in [-0.3, -0.25) is 0 Å². The van der Waals surface area contributed by atoms with Crippen LogP contribution in [0.4, 0.5) is 0 Å². The molecule has 0 atom stereocenters. The SMILES string of the molecule is Brc1ncn(C2CNC2)n1.Cl.Cl. The Morgan fingerprint density at radius 1 is 1.50 bits per heavy atom. The molecule has 0 unspecified atom stereocenters. The minimum absolute atomic E-state index is 0. The smallest absolute Gasteiger partial charge is 0.217 e. The van der Waals surface area contributed by atoms with E-state index in [1.807, 2.05) is 4.68 Å². The zero-order valence-corrected chi connectivity index (χ0v) is 9.32. The summed E-state index contributed by atoms with van der Waals surface area (Å²) in [5.41, 5.74) is 0. The average Bonchev–Trinajstić information content (AvgIpc) is 2.10. The molecule has 7 heteroatoms. The van der Waals surface area contributed by atoms with Gasteiger partial charge in [0.1, 0.15) is 6.33 Å². The van der Waals surface area contributed by atoms with E-state index in [9.17, 15) is 0 Å². The van der Waals surface area contributed by atoms with E-state index in [1.165, 1.54) is 0 Å². The van der Waals surface area contributed by atoms with Crippen LogP contribution in [-0.2, 0) is 0 Å². The summed E-state index contributed by atoms with van der Waals surface area (Å²) in [6.07, 6.45) is 1.75. The summed E-state index contributed by atoms with van der Waals surface area (Å²) in [5, 5.41) is 7.28. The number of rotatable bonds is 1. The van der Waals surface area contributed by atoms with E-state index in [2.05, 4.69) is 31.3 Å². The molecule has 1 aliphatic rings. The fourth-order valence-corrected chi connectivity index (χ4v) is 1.16. The van der Waals surface area contributed by atoms with Crippen LogP contribution in [-0.4, -0.2) is 27.9 Å². The molecule has 4 nitrogen and oxygen atoms in total. The van der Waals surface area contributed by atoms with E-state index in [0.29, 0.717) is 10.8 Å². The van der Waals surface area contributed by atoms with Gasteiger partial charge >= 0.3 is 0 Å². The first-order valence-electron chi connectivity index (χ1n) is 3.13. The Balaban J connectivity index is 0.000000605. The fraction of sp³-hybridized carbons (Fsp3) is 0.600. The van der Waals surface area contributed by atoms with Crippen molar-refractivity contribution < 1.29 is 0 Å². The molecule has 12 heavy (non-hydrogen) atoms. The van der Waals surface area contributed by atoms with Crippen molar-refractivity contribution in [2.45, 2.75) is 6.04 Å². The van der Waals surface area contributed by atoms with Crippen LogP contribution in [0.25, 0.3) is 0 Å². The first-order valence-corrected chi connectivity index (χ1v) is 3.93. The molecule has 0 spiro atoms. The van der Waals surface area contributed by atoms with Gasteiger partial charge in [-0.25, -0.2) is 9.67 Å². The second-order valence-electron chi connectivity index (χ2n) is 2.31. The van der Waals surface area contributed by atoms with E-state index in [-0.39, 0.29) is 24.8 Å². The Labute approximate surface area is 91.1 Å². The molecule has 0 aromatic carbocycles. The molecule has 0 saturated carbocycles. The van der Waals surface area contributed by atoms with Gasteiger partial charge in [-0.05, 0) is 15.9 Å². The summed E-state index contributed by atoms with van der Waals surface area (Å²) in [4.78, 5) is 3.96. The first-order chi connectivity index (χ1) is 4.86. The Morgan fingerprint density at radius 3 is 2.50 bits per heavy atom. The molecule has 1 N–H and O–H groups in total. The zero-order chi connectivity index (χ0) is 6.97. The van der Waals surface area contributed by atoms with E-state index in [0.717, 1.165) is 13.1 Å². The van der Waals surface area contributed by atoms with Crippen molar-refractivity contribution in [2.24, 2.45) is 0 Å². The Hall–Kier alpha value is 0.160. The summed E-state index contributed by atoms with van der Waals surface area (Å²) in [7, 11) is 0. The highest BCUT2D eigenvalue weighted by atomic mass is 79.9. The first kappa shape index (κ1) is 12.2. The minimum atomic E-state index is 0. The van der Waals surface area contributed by atoms with Gasteiger partial charge in [-0.1, -0.05) is 0 Å². The van der Waals surface area contributed by atoms with Crippen molar-refractivity contribution in [3.63, 3.8) is 0 Å². The molecule has 0 aliphatic carbocycles. The van der Waals surface area contributed by atoms with Crippen molar-refractivity contribution in [3.8, 4) is 0 Å². The lowest BCUT2D eigenvalue weighted by atomic mass is 10.2. The third-order valence-corrected chi connectivity index (χ3v) is 1.98. The largest absolute Gasteiger partial charge is 0.312 e. The van der Waals surface area contributed by atoms with Crippen LogP contribution in [0.3, 0.4) is 0 Å². The number of halogens is 3. The van der Waals surface area contributed by atoms with Crippen LogP contribution in [0.5, 0.6) is 0 Å². The van der Waals surface area contributed by atoms with Crippen LogP contribution in [0.2, 0.25) is 0 Å². The number of aromatic nitrogens is 3. The summed E-state index contributed by atoms with van der Waals surface area (Å²) in [6, 6.07) is 0.513.